The Morgan fingerprint density at radius 1 is 1.23 bits per heavy atom. The van der Waals surface area contributed by atoms with Gasteiger partial charge < -0.3 is 15.7 Å². The monoisotopic (exact) mass is 306 g/mol. The molecule has 0 unspecified atom stereocenters. The van der Waals surface area contributed by atoms with Crippen LogP contribution >= 0.6 is 0 Å². The maximum Gasteiger partial charge on any atom is 0.319 e. The van der Waals surface area contributed by atoms with Gasteiger partial charge in [-0.15, -0.1) is 0 Å². The number of anilines is 1. The lowest BCUT2D eigenvalue weighted by Gasteiger charge is -2.32. The summed E-state index contributed by atoms with van der Waals surface area (Å²) in [5.74, 6) is 0.731. The third-order valence-electron chi connectivity index (χ3n) is 3.94. The van der Waals surface area contributed by atoms with Crippen molar-refractivity contribution in [1.82, 2.24) is 15.3 Å². The highest BCUT2D eigenvalue weighted by atomic mass is 16.3. The largest absolute Gasteiger partial charge is 0.388 e. The third-order valence-corrected chi connectivity index (χ3v) is 3.94. The highest BCUT2D eigenvalue weighted by Crippen LogP contribution is 2.27. The van der Waals surface area contributed by atoms with E-state index in [9.17, 15) is 9.90 Å². The number of hydrogen-bond donors (Lipinski definition) is 3. The smallest absolute Gasteiger partial charge is 0.319 e. The van der Waals surface area contributed by atoms with Gasteiger partial charge in [0.25, 0.3) is 0 Å². The van der Waals surface area contributed by atoms with Crippen molar-refractivity contribution in [3.8, 4) is 0 Å². The van der Waals surface area contributed by atoms with Crippen molar-refractivity contribution in [2.24, 2.45) is 0 Å². The SMILES string of the molecule is CC(C)(C)c1ncc(NC(=O)NCC2(O)CCCCC2)cn1. The molecule has 0 saturated heterocycles. The molecule has 1 aromatic rings. The molecule has 1 fully saturated rings. The Hall–Kier alpha value is -1.69. The summed E-state index contributed by atoms with van der Waals surface area (Å²) in [4.78, 5) is 20.4. The van der Waals surface area contributed by atoms with Crippen molar-refractivity contribution in [3.05, 3.63) is 18.2 Å². The van der Waals surface area contributed by atoms with Gasteiger partial charge in [-0.05, 0) is 12.8 Å². The minimum absolute atomic E-state index is 0.120. The van der Waals surface area contributed by atoms with Crippen LogP contribution in [0.2, 0.25) is 0 Å². The van der Waals surface area contributed by atoms with Crippen LogP contribution in [0.4, 0.5) is 10.5 Å². The minimum Gasteiger partial charge on any atom is -0.388 e. The molecule has 1 aliphatic carbocycles. The van der Waals surface area contributed by atoms with Gasteiger partial charge in [-0.2, -0.15) is 0 Å². The molecule has 0 aliphatic heterocycles. The normalized spacial score (nSPS) is 17.8. The van der Waals surface area contributed by atoms with E-state index in [4.69, 9.17) is 0 Å². The summed E-state index contributed by atoms with van der Waals surface area (Å²) >= 11 is 0. The number of nitrogens with one attached hydrogen (secondary N) is 2. The van der Waals surface area contributed by atoms with Gasteiger partial charge in [0, 0.05) is 12.0 Å². The maximum absolute atomic E-state index is 11.9. The summed E-state index contributed by atoms with van der Waals surface area (Å²) in [6, 6.07) is -0.342. The second kappa shape index (κ2) is 6.60. The fourth-order valence-electron chi connectivity index (χ4n) is 2.59. The Morgan fingerprint density at radius 2 is 1.82 bits per heavy atom. The van der Waals surface area contributed by atoms with E-state index in [1.54, 1.807) is 12.4 Å². The summed E-state index contributed by atoms with van der Waals surface area (Å²) < 4.78 is 0. The van der Waals surface area contributed by atoms with Gasteiger partial charge >= 0.3 is 6.03 Å². The Bertz CT molecular complexity index is 502. The fourth-order valence-corrected chi connectivity index (χ4v) is 2.59. The number of hydrogen-bond acceptors (Lipinski definition) is 4. The first-order valence-corrected chi connectivity index (χ1v) is 7.88. The Kier molecular flexibility index (Phi) is 5.01. The van der Waals surface area contributed by atoms with E-state index < -0.39 is 5.60 Å². The molecule has 1 heterocycles. The van der Waals surface area contributed by atoms with Crippen LogP contribution < -0.4 is 10.6 Å². The lowest BCUT2D eigenvalue weighted by molar-refractivity contribution is 0.00755. The fraction of sp³-hybridized carbons (Fsp3) is 0.688. The number of nitrogens with zero attached hydrogens (tertiary/aromatic N) is 2. The van der Waals surface area contributed by atoms with Crippen molar-refractivity contribution in [2.45, 2.75) is 63.9 Å². The zero-order valence-electron chi connectivity index (χ0n) is 13.6. The number of carbonyl (C=O) groups excluding carboxylic acids is 1. The second-order valence-electron chi connectivity index (χ2n) is 7.14. The molecule has 22 heavy (non-hydrogen) atoms. The van der Waals surface area contributed by atoms with Crippen LogP contribution in [0.25, 0.3) is 0 Å². The Balaban J connectivity index is 1.84. The summed E-state index contributed by atoms with van der Waals surface area (Å²) in [6.07, 6.45) is 7.88. The molecular formula is C16H26N4O2. The number of rotatable bonds is 3. The van der Waals surface area contributed by atoms with E-state index in [1.807, 2.05) is 20.8 Å². The second-order valence-corrected chi connectivity index (χ2v) is 7.14. The molecule has 1 saturated carbocycles. The van der Waals surface area contributed by atoms with Crippen LogP contribution in [0.3, 0.4) is 0 Å². The molecule has 0 radical (unpaired) electrons. The van der Waals surface area contributed by atoms with Crippen molar-refractivity contribution in [3.63, 3.8) is 0 Å². The molecule has 0 aromatic carbocycles. The van der Waals surface area contributed by atoms with Crippen molar-refractivity contribution < 1.29 is 9.90 Å². The van der Waals surface area contributed by atoms with Crippen molar-refractivity contribution in [1.29, 1.82) is 0 Å². The van der Waals surface area contributed by atoms with E-state index in [0.29, 0.717) is 5.69 Å². The number of carbonyl (C=O) groups is 1. The average Bonchev–Trinajstić information content (AvgIpc) is 2.46. The van der Waals surface area contributed by atoms with Crippen LogP contribution in [0, 0.1) is 0 Å². The summed E-state index contributed by atoms with van der Waals surface area (Å²) in [5.41, 5.74) is -0.339. The van der Waals surface area contributed by atoms with E-state index in [-0.39, 0.29) is 18.0 Å². The van der Waals surface area contributed by atoms with Gasteiger partial charge in [0.2, 0.25) is 0 Å². The van der Waals surface area contributed by atoms with Crippen LogP contribution in [-0.4, -0.2) is 33.3 Å². The van der Waals surface area contributed by atoms with Crippen molar-refractivity contribution >= 4 is 11.7 Å². The van der Waals surface area contributed by atoms with Crippen LogP contribution in [-0.2, 0) is 5.41 Å². The zero-order chi connectivity index (χ0) is 16.2. The van der Waals surface area contributed by atoms with Gasteiger partial charge in [0.15, 0.2) is 0 Å². The molecule has 6 nitrogen and oxygen atoms in total. The first kappa shape index (κ1) is 16.7. The lowest BCUT2D eigenvalue weighted by Crippen LogP contribution is -2.45. The minimum atomic E-state index is -0.762. The molecule has 1 aromatic heterocycles. The van der Waals surface area contributed by atoms with Crippen molar-refractivity contribution in [2.75, 3.05) is 11.9 Å². The van der Waals surface area contributed by atoms with E-state index in [0.717, 1.165) is 37.9 Å². The Labute approximate surface area is 131 Å². The van der Waals surface area contributed by atoms with E-state index in [1.165, 1.54) is 0 Å². The molecule has 6 heteroatoms. The van der Waals surface area contributed by atoms with Crippen LogP contribution in [0.1, 0.15) is 58.7 Å². The number of urea groups is 1. The standard InChI is InChI=1S/C16H26N4O2/c1-15(2,3)13-17-9-12(10-18-13)20-14(21)19-11-16(22)7-5-4-6-8-16/h9-10,22H,4-8,11H2,1-3H3,(H2,19,20,21). The number of aromatic nitrogens is 2. The van der Waals surface area contributed by atoms with Crippen LogP contribution in [0.15, 0.2) is 12.4 Å². The molecule has 122 valence electrons. The molecule has 1 aliphatic rings. The predicted molar refractivity (Wildman–Crippen MR) is 85.8 cm³/mol. The van der Waals surface area contributed by atoms with E-state index >= 15 is 0 Å². The highest BCUT2D eigenvalue weighted by Gasteiger charge is 2.29. The molecular weight excluding hydrogens is 280 g/mol. The summed E-state index contributed by atoms with van der Waals surface area (Å²) in [6.45, 7) is 6.38. The van der Waals surface area contributed by atoms with Gasteiger partial charge in [-0.3, -0.25) is 0 Å². The van der Waals surface area contributed by atoms with Crippen LogP contribution in [0.5, 0.6) is 0 Å². The number of aliphatic hydroxyl groups is 1. The molecule has 0 spiro atoms. The zero-order valence-corrected chi connectivity index (χ0v) is 13.6. The molecule has 2 rings (SSSR count). The summed E-state index contributed by atoms with van der Waals surface area (Å²) in [5, 5.41) is 15.8. The molecule has 2 amide bonds. The molecule has 0 atom stereocenters. The average molecular weight is 306 g/mol. The quantitative estimate of drug-likeness (QED) is 0.801. The van der Waals surface area contributed by atoms with Gasteiger partial charge in [0.1, 0.15) is 5.82 Å². The highest BCUT2D eigenvalue weighted by molar-refractivity contribution is 5.88. The third kappa shape index (κ3) is 4.66. The van der Waals surface area contributed by atoms with Gasteiger partial charge in [-0.25, -0.2) is 14.8 Å². The molecule has 0 bridgehead atoms. The van der Waals surface area contributed by atoms with Gasteiger partial charge in [-0.1, -0.05) is 40.0 Å². The van der Waals surface area contributed by atoms with Gasteiger partial charge in [0.05, 0.1) is 23.7 Å². The predicted octanol–water partition coefficient (Wildman–Crippen LogP) is 2.59. The summed E-state index contributed by atoms with van der Waals surface area (Å²) in [7, 11) is 0. The topological polar surface area (TPSA) is 87.1 Å². The van der Waals surface area contributed by atoms with E-state index in [2.05, 4.69) is 20.6 Å². The Morgan fingerprint density at radius 3 is 2.36 bits per heavy atom. The first-order valence-electron chi connectivity index (χ1n) is 7.88. The number of amides is 2. The maximum atomic E-state index is 11.9. The first-order chi connectivity index (χ1) is 10.3. The molecule has 3 N–H and O–H groups in total. The lowest BCUT2D eigenvalue weighted by atomic mass is 9.85.